The molecule has 1 aromatic heterocycles. The van der Waals surface area contributed by atoms with Crippen molar-refractivity contribution in [1.82, 2.24) is 14.9 Å². The third-order valence-corrected chi connectivity index (χ3v) is 3.02. The van der Waals surface area contributed by atoms with Crippen molar-refractivity contribution in [2.24, 2.45) is 0 Å². The molecule has 0 aliphatic heterocycles. The van der Waals surface area contributed by atoms with Crippen LogP contribution in [-0.4, -0.2) is 23.7 Å². The lowest BCUT2D eigenvalue weighted by Gasteiger charge is -2.20. The minimum atomic E-state index is -0.252. The molecule has 2 aromatic rings. The highest BCUT2D eigenvalue weighted by molar-refractivity contribution is 5.35. The normalized spacial score (nSPS) is 12.1. The van der Waals surface area contributed by atoms with Crippen LogP contribution in [0.25, 0.3) is 0 Å². The van der Waals surface area contributed by atoms with Crippen LogP contribution in [0, 0.1) is 0 Å². The number of likely N-dealkylation sites (N-methyl/N-ethyl adjacent to an activating group) is 1. The van der Waals surface area contributed by atoms with E-state index in [9.17, 15) is 4.79 Å². The van der Waals surface area contributed by atoms with Gasteiger partial charge >= 0.3 is 5.69 Å². The topological polar surface area (TPSA) is 56.2 Å². The summed E-state index contributed by atoms with van der Waals surface area (Å²) in [5.74, 6) is 0.804. The van der Waals surface area contributed by atoms with Crippen LogP contribution in [-0.2, 0) is 6.54 Å². The van der Waals surface area contributed by atoms with E-state index in [1.165, 1.54) is 6.20 Å². The second-order valence-electron chi connectivity index (χ2n) is 4.14. The average molecular weight is 259 g/mol. The first-order valence-electron chi connectivity index (χ1n) is 6.08. The van der Waals surface area contributed by atoms with Crippen molar-refractivity contribution in [2.45, 2.75) is 12.6 Å². The molecule has 19 heavy (non-hydrogen) atoms. The molecule has 0 fully saturated rings. The molecule has 0 aliphatic carbocycles. The molecule has 1 heterocycles. The van der Waals surface area contributed by atoms with Gasteiger partial charge in [-0.2, -0.15) is 0 Å². The molecule has 5 heteroatoms. The molecule has 0 saturated carbocycles. The molecule has 0 bridgehead atoms. The zero-order chi connectivity index (χ0) is 13.7. The van der Waals surface area contributed by atoms with Crippen molar-refractivity contribution in [3.8, 4) is 5.75 Å². The van der Waals surface area contributed by atoms with E-state index >= 15 is 0 Å². The highest BCUT2D eigenvalue weighted by Crippen LogP contribution is 2.25. The van der Waals surface area contributed by atoms with E-state index in [0.29, 0.717) is 6.54 Å². The van der Waals surface area contributed by atoms with Gasteiger partial charge in [-0.05, 0) is 19.2 Å². The molecule has 5 nitrogen and oxygen atoms in total. The van der Waals surface area contributed by atoms with E-state index in [1.807, 2.05) is 31.3 Å². The largest absolute Gasteiger partial charge is 0.496 e. The number of hydrogen-bond acceptors (Lipinski definition) is 4. The van der Waals surface area contributed by atoms with Gasteiger partial charge in [-0.15, -0.1) is 0 Å². The average Bonchev–Trinajstić information content (AvgIpc) is 2.46. The molecule has 2 rings (SSSR count). The van der Waals surface area contributed by atoms with Gasteiger partial charge in [0.25, 0.3) is 0 Å². The lowest BCUT2D eigenvalue weighted by Crippen LogP contribution is -2.29. The second kappa shape index (κ2) is 6.15. The first kappa shape index (κ1) is 13.3. The van der Waals surface area contributed by atoms with Gasteiger partial charge < -0.3 is 10.1 Å². The van der Waals surface area contributed by atoms with Gasteiger partial charge in [0.15, 0.2) is 0 Å². The number of benzene rings is 1. The van der Waals surface area contributed by atoms with Crippen LogP contribution in [0.3, 0.4) is 0 Å². The number of para-hydroxylation sites is 1. The number of hydrogen-bond donors (Lipinski definition) is 1. The number of methoxy groups -OCH3 is 1. The summed E-state index contributed by atoms with van der Waals surface area (Å²) in [6.45, 7) is 0.504. The van der Waals surface area contributed by atoms with Crippen LogP contribution in [0.2, 0.25) is 0 Å². The summed E-state index contributed by atoms with van der Waals surface area (Å²) in [6, 6.07) is 9.50. The summed E-state index contributed by atoms with van der Waals surface area (Å²) in [5, 5.41) is 3.20. The van der Waals surface area contributed by atoms with Crippen LogP contribution in [0.5, 0.6) is 5.75 Å². The van der Waals surface area contributed by atoms with E-state index in [-0.39, 0.29) is 11.7 Å². The summed E-state index contributed by atoms with van der Waals surface area (Å²) >= 11 is 0. The molecular formula is C14H17N3O2. The Hall–Kier alpha value is -2.14. The summed E-state index contributed by atoms with van der Waals surface area (Å²) in [5.41, 5.74) is 0.765. The molecular weight excluding hydrogens is 242 g/mol. The molecule has 0 amide bonds. The highest BCUT2D eigenvalue weighted by Gasteiger charge is 2.14. The van der Waals surface area contributed by atoms with Crippen molar-refractivity contribution in [2.75, 3.05) is 14.2 Å². The molecule has 1 atom stereocenters. The SMILES string of the molecule is CNC(Cn1cccnc1=O)c1ccccc1OC. The Bertz CT molecular complexity index is 595. The van der Waals surface area contributed by atoms with E-state index in [0.717, 1.165) is 11.3 Å². The zero-order valence-electron chi connectivity index (χ0n) is 11.0. The zero-order valence-corrected chi connectivity index (χ0v) is 11.0. The van der Waals surface area contributed by atoms with Crippen LogP contribution in [0.4, 0.5) is 0 Å². The Labute approximate surface area is 111 Å². The number of nitrogens with one attached hydrogen (secondary N) is 1. The molecule has 1 aromatic carbocycles. The summed E-state index contributed by atoms with van der Waals surface area (Å²) < 4.78 is 6.93. The number of rotatable bonds is 5. The lowest BCUT2D eigenvalue weighted by molar-refractivity contribution is 0.393. The number of ether oxygens (including phenoxy) is 1. The standard InChI is InChI=1S/C14H17N3O2/c1-15-12(10-17-9-5-8-16-14(17)18)11-6-3-4-7-13(11)19-2/h3-9,12,15H,10H2,1-2H3. The maximum absolute atomic E-state index is 11.6. The molecule has 0 spiro atoms. The Morgan fingerprint density at radius 3 is 2.84 bits per heavy atom. The summed E-state index contributed by atoms with van der Waals surface area (Å²) in [4.78, 5) is 15.4. The molecule has 1 unspecified atom stereocenters. The van der Waals surface area contributed by atoms with Gasteiger partial charge in [-0.3, -0.25) is 4.57 Å². The van der Waals surface area contributed by atoms with Crippen LogP contribution < -0.4 is 15.7 Å². The van der Waals surface area contributed by atoms with Crippen molar-refractivity contribution in [3.05, 3.63) is 58.8 Å². The molecule has 0 radical (unpaired) electrons. The monoisotopic (exact) mass is 259 g/mol. The van der Waals surface area contributed by atoms with Gasteiger partial charge in [-0.25, -0.2) is 9.78 Å². The first-order chi connectivity index (χ1) is 9.26. The fourth-order valence-corrected chi connectivity index (χ4v) is 2.02. The minimum absolute atomic E-state index is 0.0157. The van der Waals surface area contributed by atoms with E-state index in [4.69, 9.17) is 4.74 Å². The quantitative estimate of drug-likeness (QED) is 0.877. The van der Waals surface area contributed by atoms with Crippen molar-refractivity contribution < 1.29 is 4.74 Å². The third kappa shape index (κ3) is 3.00. The summed E-state index contributed by atoms with van der Waals surface area (Å²) in [7, 11) is 3.50. The van der Waals surface area contributed by atoms with Crippen LogP contribution in [0.1, 0.15) is 11.6 Å². The van der Waals surface area contributed by atoms with Gasteiger partial charge in [0.2, 0.25) is 0 Å². The molecule has 100 valence electrons. The van der Waals surface area contributed by atoms with E-state index in [2.05, 4.69) is 10.3 Å². The van der Waals surface area contributed by atoms with Gasteiger partial charge in [0.1, 0.15) is 5.75 Å². The molecule has 0 aliphatic rings. The van der Waals surface area contributed by atoms with E-state index < -0.39 is 0 Å². The Morgan fingerprint density at radius 2 is 2.16 bits per heavy atom. The molecule has 1 N–H and O–H groups in total. The maximum Gasteiger partial charge on any atom is 0.347 e. The summed E-state index contributed by atoms with van der Waals surface area (Å²) in [6.07, 6.45) is 3.23. The van der Waals surface area contributed by atoms with Crippen LogP contribution >= 0.6 is 0 Å². The highest BCUT2D eigenvalue weighted by atomic mass is 16.5. The second-order valence-corrected chi connectivity index (χ2v) is 4.14. The smallest absolute Gasteiger partial charge is 0.347 e. The fourth-order valence-electron chi connectivity index (χ4n) is 2.02. The first-order valence-corrected chi connectivity index (χ1v) is 6.08. The van der Waals surface area contributed by atoms with Crippen molar-refractivity contribution >= 4 is 0 Å². The predicted molar refractivity (Wildman–Crippen MR) is 73.3 cm³/mol. The molecule has 0 saturated heterocycles. The Kier molecular flexibility index (Phi) is 4.30. The number of aromatic nitrogens is 2. The van der Waals surface area contributed by atoms with Gasteiger partial charge in [0.05, 0.1) is 13.2 Å². The van der Waals surface area contributed by atoms with Gasteiger partial charge in [-0.1, -0.05) is 18.2 Å². The Morgan fingerprint density at radius 1 is 1.37 bits per heavy atom. The fraction of sp³-hybridized carbons (Fsp3) is 0.286. The van der Waals surface area contributed by atoms with Crippen molar-refractivity contribution in [3.63, 3.8) is 0 Å². The Balaban J connectivity index is 2.31. The van der Waals surface area contributed by atoms with Crippen molar-refractivity contribution in [1.29, 1.82) is 0 Å². The minimum Gasteiger partial charge on any atom is -0.496 e. The van der Waals surface area contributed by atoms with Crippen LogP contribution in [0.15, 0.2) is 47.5 Å². The maximum atomic E-state index is 11.6. The number of nitrogens with zero attached hydrogens (tertiary/aromatic N) is 2. The van der Waals surface area contributed by atoms with Gasteiger partial charge in [0, 0.05) is 24.5 Å². The predicted octanol–water partition coefficient (Wildman–Crippen LogP) is 1.21. The third-order valence-electron chi connectivity index (χ3n) is 3.02. The van der Waals surface area contributed by atoms with E-state index in [1.54, 1.807) is 23.9 Å². The lowest BCUT2D eigenvalue weighted by atomic mass is 10.1.